The Morgan fingerprint density at radius 2 is 1.65 bits per heavy atom. The summed E-state index contributed by atoms with van der Waals surface area (Å²) in [7, 11) is 0. The van der Waals surface area contributed by atoms with E-state index >= 15 is 0 Å². The van der Waals surface area contributed by atoms with Crippen LogP contribution in [0.15, 0.2) is 48.5 Å². The molecule has 0 spiro atoms. The topological polar surface area (TPSA) is 66.5 Å². The van der Waals surface area contributed by atoms with Crippen LogP contribution in [0.5, 0.6) is 0 Å². The Kier molecular flexibility index (Phi) is 4.92. The maximum absolute atomic E-state index is 13.5. The zero-order valence-electron chi connectivity index (χ0n) is 18.0. The average molecular weight is 417 g/mol. The first-order valence-corrected chi connectivity index (χ1v) is 11.2. The number of hydrogen-bond acceptors (Lipinski definition) is 3. The second-order valence-electron chi connectivity index (χ2n) is 9.44. The van der Waals surface area contributed by atoms with Crippen molar-refractivity contribution < 1.29 is 14.4 Å². The monoisotopic (exact) mass is 416 g/mol. The number of amides is 3. The van der Waals surface area contributed by atoms with Crippen molar-refractivity contribution in [1.29, 1.82) is 0 Å². The minimum Gasteiger partial charge on any atom is -0.324 e. The van der Waals surface area contributed by atoms with E-state index in [1.807, 2.05) is 62.4 Å². The first-order valence-electron chi connectivity index (χ1n) is 11.2. The van der Waals surface area contributed by atoms with Crippen LogP contribution < -0.4 is 5.32 Å². The van der Waals surface area contributed by atoms with Crippen LogP contribution in [0.3, 0.4) is 0 Å². The van der Waals surface area contributed by atoms with Gasteiger partial charge in [0.15, 0.2) is 0 Å². The van der Waals surface area contributed by atoms with Crippen molar-refractivity contribution in [1.82, 2.24) is 4.90 Å². The summed E-state index contributed by atoms with van der Waals surface area (Å²) in [6, 6.07) is 14.7. The van der Waals surface area contributed by atoms with Gasteiger partial charge in [-0.2, -0.15) is 0 Å². The summed E-state index contributed by atoms with van der Waals surface area (Å²) < 4.78 is 0. The Labute approximate surface area is 182 Å². The number of imide groups is 1. The van der Waals surface area contributed by atoms with Crippen molar-refractivity contribution in [2.24, 2.45) is 23.7 Å². The van der Waals surface area contributed by atoms with Crippen LogP contribution in [0.25, 0.3) is 0 Å². The highest BCUT2D eigenvalue weighted by Crippen LogP contribution is 2.56. The molecule has 1 N–H and O–H groups in total. The minimum absolute atomic E-state index is 0.140. The normalized spacial score (nSPS) is 27.5. The SMILES string of the molecule is Cc1ccc(C)c(NC(=O)[C@H](Cc2ccccc2)N2C(=O)[C@@H]3[C@H]4CC[C@@H](C4)[C@@H]3C2=O)c1. The van der Waals surface area contributed by atoms with Crippen molar-refractivity contribution in [3.8, 4) is 0 Å². The Morgan fingerprint density at radius 1 is 1.00 bits per heavy atom. The van der Waals surface area contributed by atoms with Gasteiger partial charge in [-0.3, -0.25) is 19.3 Å². The molecular weight excluding hydrogens is 388 g/mol. The largest absolute Gasteiger partial charge is 0.324 e. The number of carbonyl (C=O) groups is 3. The molecule has 3 amide bonds. The van der Waals surface area contributed by atoms with Gasteiger partial charge in [-0.05, 0) is 67.7 Å². The molecule has 160 valence electrons. The summed E-state index contributed by atoms with van der Waals surface area (Å²) in [5.41, 5.74) is 3.65. The number of fused-ring (bicyclic) bond motifs is 5. The Balaban J connectivity index is 1.47. The number of nitrogens with zero attached hydrogens (tertiary/aromatic N) is 1. The zero-order valence-corrected chi connectivity index (χ0v) is 18.0. The highest BCUT2D eigenvalue weighted by atomic mass is 16.2. The van der Waals surface area contributed by atoms with Crippen molar-refractivity contribution >= 4 is 23.4 Å². The standard InChI is InChI=1S/C26H28N2O3/c1-15-8-9-16(2)20(12-15)27-24(29)21(13-17-6-4-3-5-7-17)28-25(30)22-18-10-11-19(14-18)23(22)26(28)31/h3-9,12,18-19,21-23H,10-11,13-14H2,1-2H3,(H,27,29)/t18-,19-,21-,22-,23+/m0/s1. The molecule has 3 fully saturated rings. The van der Waals surface area contributed by atoms with E-state index in [0.29, 0.717) is 18.3 Å². The summed E-state index contributed by atoms with van der Waals surface area (Å²) in [5.74, 6) is -0.423. The smallest absolute Gasteiger partial charge is 0.248 e. The quantitative estimate of drug-likeness (QED) is 0.752. The van der Waals surface area contributed by atoms with E-state index in [2.05, 4.69) is 5.32 Å². The van der Waals surface area contributed by atoms with Gasteiger partial charge in [0.2, 0.25) is 17.7 Å². The summed E-state index contributed by atoms with van der Waals surface area (Å²) in [6.07, 6.45) is 3.36. The third-order valence-electron chi connectivity index (χ3n) is 7.50. The average Bonchev–Trinajstić information content (AvgIpc) is 3.44. The van der Waals surface area contributed by atoms with E-state index in [1.165, 1.54) is 4.90 Å². The lowest BCUT2D eigenvalue weighted by Gasteiger charge is -2.27. The molecule has 2 saturated carbocycles. The molecule has 5 nitrogen and oxygen atoms in total. The molecule has 1 heterocycles. The van der Waals surface area contributed by atoms with Crippen LogP contribution in [-0.2, 0) is 20.8 Å². The van der Waals surface area contributed by atoms with Gasteiger partial charge in [0, 0.05) is 12.1 Å². The van der Waals surface area contributed by atoms with Gasteiger partial charge in [0.1, 0.15) is 6.04 Å². The first-order chi connectivity index (χ1) is 14.9. The summed E-state index contributed by atoms with van der Waals surface area (Å²) in [5, 5.41) is 3.01. The fraction of sp³-hybridized carbons (Fsp3) is 0.423. The number of rotatable bonds is 5. The minimum atomic E-state index is -0.840. The van der Waals surface area contributed by atoms with E-state index in [1.54, 1.807) is 0 Å². The third kappa shape index (κ3) is 3.36. The summed E-state index contributed by atoms with van der Waals surface area (Å²) in [4.78, 5) is 41.7. The van der Waals surface area contributed by atoms with Crippen LogP contribution in [0.4, 0.5) is 5.69 Å². The highest BCUT2D eigenvalue weighted by molar-refractivity contribution is 6.10. The maximum atomic E-state index is 13.5. The maximum Gasteiger partial charge on any atom is 0.248 e. The first kappa shape index (κ1) is 20.0. The molecule has 2 bridgehead atoms. The molecule has 5 rings (SSSR count). The number of benzene rings is 2. The Hall–Kier alpha value is -2.95. The predicted octanol–water partition coefficient (Wildman–Crippen LogP) is 3.88. The number of aryl methyl sites for hydroxylation is 2. The van der Waals surface area contributed by atoms with Gasteiger partial charge in [-0.25, -0.2) is 0 Å². The fourth-order valence-electron chi connectivity index (χ4n) is 5.96. The van der Waals surface area contributed by atoms with E-state index in [-0.39, 0.29) is 29.6 Å². The number of likely N-dealkylation sites (tertiary alicyclic amines) is 1. The highest BCUT2D eigenvalue weighted by Gasteiger charge is 2.62. The zero-order chi connectivity index (χ0) is 21.7. The molecule has 2 aromatic rings. The molecule has 31 heavy (non-hydrogen) atoms. The van der Waals surface area contributed by atoms with Crippen LogP contribution >= 0.6 is 0 Å². The van der Waals surface area contributed by atoms with Gasteiger partial charge < -0.3 is 5.32 Å². The van der Waals surface area contributed by atoms with E-state index in [9.17, 15) is 14.4 Å². The van der Waals surface area contributed by atoms with Gasteiger partial charge in [0.05, 0.1) is 11.8 Å². The second-order valence-corrected chi connectivity index (χ2v) is 9.44. The van der Waals surface area contributed by atoms with Gasteiger partial charge >= 0.3 is 0 Å². The van der Waals surface area contributed by atoms with E-state index in [4.69, 9.17) is 0 Å². The molecule has 2 aromatic carbocycles. The lowest BCUT2D eigenvalue weighted by atomic mass is 9.81. The predicted molar refractivity (Wildman–Crippen MR) is 118 cm³/mol. The van der Waals surface area contributed by atoms with Crippen LogP contribution in [0, 0.1) is 37.5 Å². The molecule has 2 aliphatic carbocycles. The Morgan fingerprint density at radius 3 is 2.29 bits per heavy atom. The van der Waals surface area contributed by atoms with Gasteiger partial charge in [-0.1, -0.05) is 42.5 Å². The van der Waals surface area contributed by atoms with Crippen molar-refractivity contribution in [3.05, 3.63) is 65.2 Å². The second kappa shape index (κ2) is 7.63. The van der Waals surface area contributed by atoms with Gasteiger partial charge in [0.25, 0.3) is 0 Å². The van der Waals surface area contributed by atoms with Gasteiger partial charge in [-0.15, -0.1) is 0 Å². The van der Waals surface area contributed by atoms with Crippen LogP contribution in [0.1, 0.15) is 36.0 Å². The molecule has 1 saturated heterocycles. The van der Waals surface area contributed by atoms with Crippen molar-refractivity contribution in [2.75, 3.05) is 5.32 Å². The lowest BCUT2D eigenvalue weighted by Crippen LogP contribution is -2.49. The van der Waals surface area contributed by atoms with E-state index < -0.39 is 6.04 Å². The molecule has 1 aliphatic heterocycles. The molecule has 5 atom stereocenters. The molecule has 0 aromatic heterocycles. The van der Waals surface area contributed by atoms with E-state index in [0.717, 1.165) is 41.6 Å². The number of anilines is 1. The lowest BCUT2D eigenvalue weighted by molar-refractivity contribution is -0.147. The summed E-state index contributed by atoms with van der Waals surface area (Å²) >= 11 is 0. The number of hydrogen-bond donors (Lipinski definition) is 1. The number of nitrogens with one attached hydrogen (secondary N) is 1. The Bertz CT molecular complexity index is 1020. The molecule has 0 radical (unpaired) electrons. The number of carbonyl (C=O) groups excluding carboxylic acids is 3. The molecule has 0 unspecified atom stereocenters. The van der Waals surface area contributed by atoms with Crippen molar-refractivity contribution in [2.45, 2.75) is 45.6 Å². The van der Waals surface area contributed by atoms with Crippen LogP contribution in [-0.4, -0.2) is 28.7 Å². The molecular formula is C26H28N2O3. The van der Waals surface area contributed by atoms with Crippen LogP contribution in [0.2, 0.25) is 0 Å². The fourth-order valence-corrected chi connectivity index (χ4v) is 5.96. The third-order valence-corrected chi connectivity index (χ3v) is 7.50. The van der Waals surface area contributed by atoms with Crippen molar-refractivity contribution in [3.63, 3.8) is 0 Å². The molecule has 3 aliphatic rings. The summed E-state index contributed by atoms with van der Waals surface area (Å²) in [6.45, 7) is 3.91. The molecule has 5 heteroatoms.